The van der Waals surface area contributed by atoms with Gasteiger partial charge in [-0.1, -0.05) is 19.9 Å². The molecule has 0 aromatic rings. The minimum Gasteiger partial charge on any atom is -0.459 e. The molecule has 7 aliphatic rings. The van der Waals surface area contributed by atoms with Crippen molar-refractivity contribution in [1.29, 1.82) is 0 Å². The number of hydrogen-bond donors (Lipinski definition) is 2. The number of carbonyl (C=O) groups is 3. The van der Waals surface area contributed by atoms with Crippen molar-refractivity contribution in [2.75, 3.05) is 6.61 Å². The van der Waals surface area contributed by atoms with Gasteiger partial charge in [-0.05, 0) is 76.7 Å². The lowest BCUT2D eigenvalue weighted by Crippen LogP contribution is -2.80. The van der Waals surface area contributed by atoms with Crippen LogP contribution in [-0.4, -0.2) is 74.8 Å². The number of fused-ring (bicyclic) bond motifs is 7. The molecule has 2 saturated carbocycles. The van der Waals surface area contributed by atoms with Gasteiger partial charge in [0.25, 0.3) is 0 Å². The van der Waals surface area contributed by atoms with Crippen LogP contribution < -0.4 is 0 Å². The summed E-state index contributed by atoms with van der Waals surface area (Å²) in [6, 6.07) is 0. The summed E-state index contributed by atoms with van der Waals surface area (Å²) < 4.78 is 25.4. The van der Waals surface area contributed by atoms with E-state index in [1.54, 1.807) is 13.0 Å². The van der Waals surface area contributed by atoms with Crippen LogP contribution >= 0.6 is 0 Å². The maximum Gasteiger partial charge on any atom is 0.306 e. The molecule has 7 rings (SSSR count). The van der Waals surface area contributed by atoms with Gasteiger partial charge in [-0.25, -0.2) is 0 Å². The maximum absolute atomic E-state index is 14.8. The van der Waals surface area contributed by atoms with Crippen molar-refractivity contribution in [3.63, 3.8) is 0 Å². The summed E-state index contributed by atoms with van der Waals surface area (Å²) in [4.78, 5) is 41.4. The number of Topliss-reactive ketones (excluding diaryl/α,β-unsaturated/α-hetero) is 1. The van der Waals surface area contributed by atoms with E-state index in [4.69, 9.17) is 18.9 Å². The third kappa shape index (κ3) is 2.60. The van der Waals surface area contributed by atoms with Crippen molar-refractivity contribution in [2.24, 2.45) is 28.6 Å². The average molecular weight is 545 g/mol. The van der Waals surface area contributed by atoms with Crippen molar-refractivity contribution < 1.29 is 43.5 Å². The highest BCUT2D eigenvalue weighted by Gasteiger charge is 2.87. The van der Waals surface area contributed by atoms with E-state index in [2.05, 4.69) is 0 Å². The van der Waals surface area contributed by atoms with Gasteiger partial charge in [0.2, 0.25) is 5.79 Å². The minimum absolute atomic E-state index is 0.0208. The normalized spacial score (nSPS) is 58.8. The van der Waals surface area contributed by atoms with Gasteiger partial charge < -0.3 is 29.2 Å². The van der Waals surface area contributed by atoms with Crippen molar-refractivity contribution in [3.8, 4) is 0 Å². The zero-order valence-electron chi connectivity index (χ0n) is 23.5. The Morgan fingerprint density at radius 3 is 2.51 bits per heavy atom. The van der Waals surface area contributed by atoms with Crippen LogP contribution in [0, 0.1) is 28.6 Å². The van der Waals surface area contributed by atoms with Crippen LogP contribution in [0.25, 0.3) is 0 Å². The number of hydrogen-bond acceptors (Lipinski definition) is 9. The van der Waals surface area contributed by atoms with Gasteiger partial charge in [-0.3, -0.25) is 14.4 Å². The molecule has 0 amide bonds. The largest absolute Gasteiger partial charge is 0.459 e. The monoisotopic (exact) mass is 544 g/mol. The third-order valence-electron chi connectivity index (χ3n) is 12.5. The average Bonchev–Trinajstić information content (AvgIpc) is 3.51. The summed E-state index contributed by atoms with van der Waals surface area (Å²) in [5.41, 5.74) is -7.23. The zero-order valence-corrected chi connectivity index (χ0v) is 23.5. The lowest BCUT2D eigenvalue weighted by atomic mass is 9.47. The van der Waals surface area contributed by atoms with E-state index in [0.717, 1.165) is 0 Å². The molecule has 2 N–H and O–H groups in total. The molecule has 3 aliphatic carbocycles. The summed E-state index contributed by atoms with van der Waals surface area (Å²) in [6.07, 6.45) is 4.57. The standard InChI is InChI=1S/C30H40O9/c1-6-27(34)12-10-16-17(13-19-28(38-19)11-8-9-18(31)25(16,28)4)29(35)23(33)22-24(3)14-20(37-21(32)15-24)26(5,36-7-2)30(22,27)39-29/h8-9,16-17,19-20,22,34-35H,6-7,10-15H2,1-5H3/t16?,17?,19?,20?,22?,24-,25+,26+,27+,28?,29-,30+/m1/s1. The summed E-state index contributed by atoms with van der Waals surface area (Å²) >= 11 is 0. The summed E-state index contributed by atoms with van der Waals surface area (Å²) in [6.45, 7) is 9.43. The lowest BCUT2D eigenvalue weighted by molar-refractivity contribution is -0.386. The van der Waals surface area contributed by atoms with E-state index in [1.807, 2.05) is 33.8 Å². The zero-order chi connectivity index (χ0) is 28.0. The summed E-state index contributed by atoms with van der Waals surface area (Å²) in [5.74, 6) is -5.51. The molecule has 4 saturated heterocycles. The van der Waals surface area contributed by atoms with Gasteiger partial charge in [0.15, 0.2) is 11.6 Å². The minimum atomic E-state index is -2.29. The van der Waals surface area contributed by atoms with Crippen LogP contribution in [0.4, 0.5) is 0 Å². The molecule has 6 unspecified atom stereocenters. The molecule has 0 aromatic carbocycles. The molecule has 39 heavy (non-hydrogen) atoms. The predicted octanol–water partition coefficient (Wildman–Crippen LogP) is 2.39. The van der Waals surface area contributed by atoms with Crippen LogP contribution in [0.3, 0.4) is 0 Å². The van der Waals surface area contributed by atoms with E-state index in [1.165, 1.54) is 0 Å². The quantitative estimate of drug-likeness (QED) is 0.406. The smallest absolute Gasteiger partial charge is 0.306 e. The van der Waals surface area contributed by atoms with Gasteiger partial charge in [0.05, 0.1) is 29.5 Å². The SMILES string of the molecule is CCO[C@@]1(C)C2C[C@](C)(CC(=O)O2)C2C(=O)[C@]3(O)O[C@@]21[C@](O)(CC)CCC1C3CC2OC23CC=CC(=O)[C@]13C. The number of ether oxygens (including phenoxy) is 4. The third-order valence-corrected chi connectivity index (χ3v) is 12.5. The van der Waals surface area contributed by atoms with E-state index in [0.29, 0.717) is 25.7 Å². The van der Waals surface area contributed by atoms with Crippen LogP contribution in [0.15, 0.2) is 12.2 Å². The molecular formula is C30H40O9. The fraction of sp³-hybridized carbons (Fsp3) is 0.833. The molecule has 12 atom stereocenters. The number of esters is 1. The fourth-order valence-electron chi connectivity index (χ4n) is 10.6. The van der Waals surface area contributed by atoms with Crippen LogP contribution in [-0.2, 0) is 33.3 Å². The Bertz CT molecular complexity index is 1210. The molecule has 214 valence electrons. The topological polar surface area (TPSA) is 132 Å². The van der Waals surface area contributed by atoms with Crippen molar-refractivity contribution in [2.45, 2.75) is 120 Å². The van der Waals surface area contributed by atoms with Crippen molar-refractivity contribution >= 4 is 17.5 Å². The van der Waals surface area contributed by atoms with E-state index >= 15 is 0 Å². The second-order valence-corrected chi connectivity index (χ2v) is 13.9. The first-order valence-electron chi connectivity index (χ1n) is 14.6. The molecular weight excluding hydrogens is 504 g/mol. The molecule has 2 spiro atoms. The second-order valence-electron chi connectivity index (χ2n) is 13.9. The van der Waals surface area contributed by atoms with Crippen LogP contribution in [0.2, 0.25) is 0 Å². The first kappa shape index (κ1) is 26.3. The first-order chi connectivity index (χ1) is 18.2. The van der Waals surface area contributed by atoms with Gasteiger partial charge in [0, 0.05) is 12.5 Å². The summed E-state index contributed by atoms with van der Waals surface area (Å²) in [7, 11) is 0. The Hall–Kier alpha value is -1.65. The Kier molecular flexibility index (Phi) is 4.98. The van der Waals surface area contributed by atoms with Gasteiger partial charge in [-0.15, -0.1) is 0 Å². The van der Waals surface area contributed by atoms with Gasteiger partial charge in [-0.2, -0.15) is 0 Å². The molecule has 4 heterocycles. The fourth-order valence-corrected chi connectivity index (χ4v) is 10.6. The molecule has 4 bridgehead atoms. The van der Waals surface area contributed by atoms with Crippen molar-refractivity contribution in [3.05, 3.63) is 12.2 Å². The first-order valence-corrected chi connectivity index (χ1v) is 14.6. The van der Waals surface area contributed by atoms with E-state index in [-0.39, 0.29) is 37.8 Å². The van der Waals surface area contributed by atoms with Crippen LogP contribution in [0.5, 0.6) is 0 Å². The second kappa shape index (κ2) is 7.40. The Morgan fingerprint density at radius 2 is 1.82 bits per heavy atom. The Labute approximate surface area is 228 Å². The molecule has 6 fully saturated rings. The number of rotatable bonds is 3. The number of ketones is 2. The van der Waals surface area contributed by atoms with E-state index in [9.17, 15) is 24.6 Å². The highest BCUT2D eigenvalue weighted by molar-refractivity contribution is 5.98. The molecule has 9 nitrogen and oxygen atoms in total. The highest BCUT2D eigenvalue weighted by Crippen LogP contribution is 2.74. The maximum atomic E-state index is 14.8. The lowest BCUT2D eigenvalue weighted by Gasteiger charge is -2.66. The summed E-state index contributed by atoms with van der Waals surface area (Å²) in [5, 5.41) is 25.4. The number of allylic oxidation sites excluding steroid dienone is 1. The van der Waals surface area contributed by atoms with E-state index < -0.39 is 74.6 Å². The Balaban J connectivity index is 1.47. The molecule has 0 aromatic heterocycles. The molecule has 0 radical (unpaired) electrons. The van der Waals surface area contributed by atoms with Crippen LogP contribution in [0.1, 0.15) is 79.6 Å². The molecule has 9 heteroatoms. The number of aliphatic hydroxyl groups is 2. The van der Waals surface area contributed by atoms with Gasteiger partial charge >= 0.3 is 5.97 Å². The van der Waals surface area contributed by atoms with Gasteiger partial charge in [0.1, 0.15) is 22.9 Å². The van der Waals surface area contributed by atoms with Crippen molar-refractivity contribution in [1.82, 2.24) is 0 Å². The predicted molar refractivity (Wildman–Crippen MR) is 135 cm³/mol. The number of carbonyl (C=O) groups excluding carboxylic acids is 3. The molecule has 4 aliphatic heterocycles. The number of epoxide rings is 1. The Morgan fingerprint density at radius 1 is 1.08 bits per heavy atom. The highest BCUT2D eigenvalue weighted by atomic mass is 16.7.